The normalized spacial score (nSPS) is 10.5. The van der Waals surface area contributed by atoms with Crippen LogP contribution in [0.2, 0.25) is 0 Å². The van der Waals surface area contributed by atoms with E-state index in [1.54, 1.807) is 19.5 Å². The third kappa shape index (κ3) is 5.99. The smallest absolute Gasteiger partial charge is 0.257 e. The van der Waals surface area contributed by atoms with Crippen LogP contribution in [0.1, 0.15) is 5.56 Å². The molecule has 0 saturated heterocycles. The summed E-state index contributed by atoms with van der Waals surface area (Å²) in [6.45, 7) is 1.63. The van der Waals surface area contributed by atoms with Crippen LogP contribution in [0.5, 0.6) is 0 Å². The van der Waals surface area contributed by atoms with E-state index in [0.717, 1.165) is 12.1 Å². The average Bonchev–Trinajstić information content (AvgIpc) is 2.59. The van der Waals surface area contributed by atoms with Gasteiger partial charge in [-0.05, 0) is 0 Å². The molecule has 7 heteroatoms. The fraction of sp³-hybridized carbons (Fsp3) is 0.667. The van der Waals surface area contributed by atoms with Crippen LogP contribution in [0, 0.1) is 0 Å². The van der Waals surface area contributed by atoms with Crippen molar-refractivity contribution in [3.05, 3.63) is 18.0 Å². The lowest BCUT2D eigenvalue weighted by molar-refractivity contribution is 0.122. The summed E-state index contributed by atoms with van der Waals surface area (Å²) in [5.41, 5.74) is 0.895. The van der Waals surface area contributed by atoms with E-state index in [4.69, 9.17) is 4.74 Å². The van der Waals surface area contributed by atoms with Crippen LogP contribution in [0.3, 0.4) is 0 Å². The maximum Gasteiger partial charge on any atom is 0.257 e. The van der Waals surface area contributed by atoms with Crippen LogP contribution in [0.25, 0.3) is 0 Å². The lowest BCUT2D eigenvalue weighted by Gasteiger charge is -2.01. The third-order valence-corrected chi connectivity index (χ3v) is 1.82. The molecule has 0 bridgehead atoms. The number of alkyl halides is 2. The topological polar surface area (TPSA) is 39.1 Å². The van der Waals surface area contributed by atoms with Crippen LogP contribution >= 0.6 is 12.4 Å². The summed E-state index contributed by atoms with van der Waals surface area (Å²) in [4.78, 5) is 0. The van der Waals surface area contributed by atoms with E-state index in [1.807, 2.05) is 0 Å². The molecule has 1 aromatic heterocycles. The molecule has 0 aromatic carbocycles. The molecule has 1 N–H and O–H groups in total. The minimum Gasteiger partial charge on any atom is -0.383 e. The van der Waals surface area contributed by atoms with Gasteiger partial charge in [0.15, 0.2) is 0 Å². The molecule has 0 amide bonds. The molecule has 1 rings (SSSR count). The van der Waals surface area contributed by atoms with Crippen molar-refractivity contribution in [3.8, 4) is 0 Å². The van der Waals surface area contributed by atoms with Gasteiger partial charge in [-0.2, -0.15) is 5.10 Å². The molecule has 16 heavy (non-hydrogen) atoms. The highest BCUT2D eigenvalue weighted by Gasteiger charge is 2.05. The quantitative estimate of drug-likeness (QED) is 0.747. The molecular weight excluding hydrogens is 240 g/mol. The highest BCUT2D eigenvalue weighted by atomic mass is 35.5. The van der Waals surface area contributed by atoms with Crippen molar-refractivity contribution in [2.24, 2.45) is 0 Å². The van der Waals surface area contributed by atoms with Gasteiger partial charge in [-0.3, -0.25) is 4.68 Å². The number of aromatic nitrogens is 2. The number of nitrogens with zero attached hydrogens (tertiary/aromatic N) is 2. The first-order valence-corrected chi connectivity index (χ1v) is 4.71. The maximum atomic E-state index is 12.0. The fourth-order valence-corrected chi connectivity index (χ4v) is 1.15. The van der Waals surface area contributed by atoms with Gasteiger partial charge in [0.05, 0.1) is 12.8 Å². The van der Waals surface area contributed by atoms with Crippen molar-refractivity contribution in [2.45, 2.75) is 19.5 Å². The maximum absolute atomic E-state index is 12.0. The van der Waals surface area contributed by atoms with Gasteiger partial charge in [-0.15, -0.1) is 12.4 Å². The molecule has 0 atom stereocenters. The molecule has 0 aliphatic heterocycles. The van der Waals surface area contributed by atoms with Gasteiger partial charge in [-0.1, -0.05) is 0 Å². The largest absolute Gasteiger partial charge is 0.383 e. The van der Waals surface area contributed by atoms with Crippen molar-refractivity contribution in [1.82, 2.24) is 15.1 Å². The molecule has 1 aromatic rings. The Labute approximate surface area is 99.4 Å². The van der Waals surface area contributed by atoms with Crippen LogP contribution in [-0.2, 0) is 17.8 Å². The zero-order valence-electron chi connectivity index (χ0n) is 9.03. The monoisotopic (exact) mass is 255 g/mol. The van der Waals surface area contributed by atoms with Gasteiger partial charge in [0.2, 0.25) is 0 Å². The number of hydrogen-bond donors (Lipinski definition) is 1. The Morgan fingerprint density at radius 2 is 2.31 bits per heavy atom. The van der Waals surface area contributed by atoms with Crippen molar-refractivity contribution >= 4 is 12.4 Å². The van der Waals surface area contributed by atoms with Crippen LogP contribution in [0.15, 0.2) is 12.4 Å². The van der Waals surface area contributed by atoms with E-state index in [-0.39, 0.29) is 19.0 Å². The molecule has 94 valence electrons. The number of methoxy groups -OCH3 is 1. The number of halogens is 3. The van der Waals surface area contributed by atoms with Gasteiger partial charge in [0.25, 0.3) is 6.43 Å². The lowest BCUT2D eigenvalue weighted by atomic mass is 10.3. The van der Waals surface area contributed by atoms with Crippen molar-refractivity contribution in [2.75, 3.05) is 20.3 Å². The van der Waals surface area contributed by atoms with Gasteiger partial charge in [0.1, 0.15) is 6.54 Å². The predicted octanol–water partition coefficient (Wildman–Crippen LogP) is 1.31. The molecule has 0 saturated carbocycles. The first-order valence-electron chi connectivity index (χ1n) is 4.71. The Morgan fingerprint density at radius 1 is 1.56 bits per heavy atom. The Bertz CT molecular complexity index is 283. The highest BCUT2D eigenvalue weighted by Crippen LogP contribution is 2.01. The Morgan fingerprint density at radius 3 is 2.94 bits per heavy atom. The summed E-state index contributed by atoms with van der Waals surface area (Å²) >= 11 is 0. The van der Waals surface area contributed by atoms with E-state index in [1.165, 1.54) is 4.68 Å². The van der Waals surface area contributed by atoms with Gasteiger partial charge in [-0.25, -0.2) is 8.78 Å². The molecule has 0 radical (unpaired) electrons. The SMILES string of the molecule is COCCNCc1cnn(CC(F)F)c1.Cl. The zero-order chi connectivity index (χ0) is 11.1. The van der Waals surface area contributed by atoms with E-state index in [2.05, 4.69) is 10.4 Å². The summed E-state index contributed by atoms with van der Waals surface area (Å²) in [7, 11) is 1.63. The van der Waals surface area contributed by atoms with E-state index < -0.39 is 6.43 Å². The second-order valence-corrected chi connectivity index (χ2v) is 3.13. The van der Waals surface area contributed by atoms with Crippen LogP contribution in [0.4, 0.5) is 8.78 Å². The van der Waals surface area contributed by atoms with Crippen molar-refractivity contribution in [3.63, 3.8) is 0 Å². The summed E-state index contributed by atoms with van der Waals surface area (Å²) in [5, 5.41) is 6.92. The number of rotatable bonds is 7. The average molecular weight is 256 g/mol. The molecule has 0 unspecified atom stereocenters. The minimum atomic E-state index is -2.36. The fourth-order valence-electron chi connectivity index (χ4n) is 1.15. The molecule has 0 aliphatic carbocycles. The molecule has 0 fully saturated rings. The standard InChI is InChI=1S/C9H15F2N3O.ClH/c1-15-3-2-12-4-8-5-13-14(6-8)7-9(10)11;/h5-6,9,12H,2-4,7H2,1H3;1H. The summed E-state index contributed by atoms with van der Waals surface area (Å²) in [6.07, 6.45) is 0.841. The minimum absolute atomic E-state index is 0. The van der Waals surface area contributed by atoms with Gasteiger partial charge >= 0.3 is 0 Å². The van der Waals surface area contributed by atoms with E-state index in [0.29, 0.717) is 13.2 Å². The van der Waals surface area contributed by atoms with Crippen molar-refractivity contribution in [1.29, 1.82) is 0 Å². The van der Waals surface area contributed by atoms with E-state index in [9.17, 15) is 8.78 Å². The molecule has 0 spiro atoms. The second kappa shape index (κ2) is 8.43. The first-order chi connectivity index (χ1) is 7.22. The zero-order valence-corrected chi connectivity index (χ0v) is 9.84. The molecule has 1 heterocycles. The summed E-state index contributed by atoms with van der Waals surface area (Å²) in [5.74, 6) is 0. The summed E-state index contributed by atoms with van der Waals surface area (Å²) < 4.78 is 30.1. The van der Waals surface area contributed by atoms with Gasteiger partial charge < -0.3 is 10.1 Å². The predicted molar refractivity (Wildman–Crippen MR) is 59.1 cm³/mol. The number of nitrogens with one attached hydrogen (secondary N) is 1. The van der Waals surface area contributed by atoms with Gasteiger partial charge in [0, 0.05) is 32.0 Å². The summed E-state index contributed by atoms with van der Waals surface area (Å²) in [6, 6.07) is 0. The Hall–Kier alpha value is -0.720. The van der Waals surface area contributed by atoms with E-state index >= 15 is 0 Å². The van der Waals surface area contributed by atoms with Crippen LogP contribution in [-0.4, -0.2) is 36.5 Å². The Kier molecular flexibility index (Phi) is 8.05. The second-order valence-electron chi connectivity index (χ2n) is 3.13. The molecule has 0 aliphatic rings. The molecular formula is C9H16ClF2N3O. The molecule has 4 nitrogen and oxygen atoms in total. The number of hydrogen-bond acceptors (Lipinski definition) is 3. The van der Waals surface area contributed by atoms with Crippen LogP contribution < -0.4 is 5.32 Å². The first kappa shape index (κ1) is 15.3. The third-order valence-electron chi connectivity index (χ3n) is 1.82. The number of ether oxygens (including phenoxy) is 1. The Balaban J connectivity index is 0.00000225. The van der Waals surface area contributed by atoms with Crippen molar-refractivity contribution < 1.29 is 13.5 Å². The highest BCUT2D eigenvalue weighted by molar-refractivity contribution is 5.85. The lowest BCUT2D eigenvalue weighted by Crippen LogP contribution is -2.18.